The molecule has 0 radical (unpaired) electrons. The molecule has 2 aliphatic heterocycles. The van der Waals surface area contributed by atoms with Crippen molar-refractivity contribution in [2.75, 3.05) is 6.54 Å². The molecule has 0 spiro atoms. The first-order chi connectivity index (χ1) is 11.2. The zero-order valence-corrected chi connectivity index (χ0v) is 13.6. The average Bonchev–Trinajstić information content (AvgIpc) is 3.02. The summed E-state index contributed by atoms with van der Waals surface area (Å²) < 4.78 is 34.7. The highest BCUT2D eigenvalue weighted by Crippen LogP contribution is 2.30. The second-order valence-corrected chi connectivity index (χ2v) is 7.29. The lowest BCUT2D eigenvalue weighted by Crippen LogP contribution is -2.50. The number of urea groups is 1. The Morgan fingerprint density at radius 2 is 2.04 bits per heavy atom. The molecule has 12 heteroatoms. The van der Waals surface area contributed by atoms with Crippen LogP contribution in [0.25, 0.3) is 0 Å². The maximum atomic E-state index is 12.3. The molecule has 4 N–H and O–H groups in total. The Morgan fingerprint density at radius 1 is 1.29 bits per heavy atom. The number of rotatable bonds is 5. The molecule has 136 valence electrons. The number of nitrogens with zero attached hydrogens (tertiary/aromatic N) is 2. The Morgan fingerprint density at radius 3 is 2.67 bits per heavy atom. The van der Waals surface area contributed by atoms with Crippen LogP contribution in [-0.4, -0.2) is 65.6 Å². The molecule has 0 aromatic rings. The number of carbonyl (C=O) groups is 2. The van der Waals surface area contributed by atoms with Gasteiger partial charge in [0.05, 0.1) is 12.1 Å². The third kappa shape index (κ3) is 3.62. The Labute approximate surface area is 138 Å². The number of carbonyl (C=O) groups excluding carboxylic acids is 2. The van der Waals surface area contributed by atoms with E-state index in [0.717, 1.165) is 12.8 Å². The van der Waals surface area contributed by atoms with Gasteiger partial charge in [-0.3, -0.25) is 14.2 Å². The number of nitrogens with two attached hydrogens (primary N) is 1. The van der Waals surface area contributed by atoms with E-state index in [1.54, 1.807) is 0 Å². The lowest BCUT2D eigenvalue weighted by Gasteiger charge is -2.29. The quantitative estimate of drug-likeness (QED) is 0.411. The molecule has 1 saturated carbocycles. The fourth-order valence-corrected chi connectivity index (χ4v) is 3.78. The van der Waals surface area contributed by atoms with Gasteiger partial charge in [0.25, 0.3) is 5.91 Å². The van der Waals surface area contributed by atoms with Crippen LogP contribution in [0.5, 0.6) is 0 Å². The summed E-state index contributed by atoms with van der Waals surface area (Å²) in [5, 5.41) is 0.597. The van der Waals surface area contributed by atoms with Gasteiger partial charge < -0.3 is 10.6 Å². The largest absolute Gasteiger partial charge is 0.418 e. The monoisotopic (exact) mass is 364 g/mol. The molecule has 3 fully saturated rings. The lowest BCUT2D eigenvalue weighted by molar-refractivity contribution is -0.143. The van der Waals surface area contributed by atoms with E-state index in [2.05, 4.69) is 9.76 Å². The fourth-order valence-electron chi connectivity index (χ4n) is 3.39. The van der Waals surface area contributed by atoms with Crippen molar-refractivity contribution in [3.63, 3.8) is 0 Å². The minimum atomic E-state index is -4.80. The number of amides is 3. The highest BCUT2D eigenvalue weighted by atomic mass is 32.3. The Hall–Kier alpha value is -1.47. The number of hydrogen-bond donors (Lipinski definition) is 3. The van der Waals surface area contributed by atoms with E-state index in [-0.39, 0.29) is 18.7 Å². The summed E-state index contributed by atoms with van der Waals surface area (Å²) in [6.45, 7) is 0.140. The van der Waals surface area contributed by atoms with E-state index in [0.29, 0.717) is 24.3 Å². The van der Waals surface area contributed by atoms with Gasteiger partial charge in [0.1, 0.15) is 6.04 Å². The van der Waals surface area contributed by atoms with E-state index in [1.807, 2.05) is 0 Å². The van der Waals surface area contributed by atoms with Crippen molar-refractivity contribution in [2.45, 2.75) is 56.3 Å². The fraction of sp³-hybridized carbons (Fsp3) is 0.833. The number of hydroxylamine groups is 3. The third-order valence-corrected chi connectivity index (χ3v) is 4.90. The van der Waals surface area contributed by atoms with Crippen molar-refractivity contribution in [1.82, 2.24) is 15.4 Å². The first kappa shape index (κ1) is 17.4. The molecule has 0 aromatic heterocycles. The molecule has 3 amide bonds. The van der Waals surface area contributed by atoms with Crippen molar-refractivity contribution in [1.29, 1.82) is 0 Å². The van der Waals surface area contributed by atoms with Gasteiger partial charge in [0.15, 0.2) is 0 Å². The van der Waals surface area contributed by atoms with Gasteiger partial charge in [-0.1, -0.05) is 0 Å². The minimum Gasteiger partial charge on any atom is -0.328 e. The zero-order valence-electron chi connectivity index (χ0n) is 12.8. The molecule has 3 aliphatic rings. The molecule has 4 atom stereocenters. The molecule has 2 heterocycles. The maximum absolute atomic E-state index is 12.3. The van der Waals surface area contributed by atoms with Gasteiger partial charge in [-0.25, -0.2) is 10.3 Å². The Kier molecular flexibility index (Phi) is 4.66. The molecule has 11 nitrogen and oxygen atoms in total. The normalized spacial score (nSPS) is 33.2. The number of fused-ring (bicyclic) bond motifs is 2. The van der Waals surface area contributed by atoms with E-state index in [9.17, 15) is 18.0 Å². The molecule has 2 saturated heterocycles. The second-order valence-electron chi connectivity index (χ2n) is 6.29. The molecular formula is C12H20N4O7S. The standard InChI is InChI=1S/C12H20N4O7S/c13-7-1-3-9(5-7)22-14-11(17)10-4-2-8-6-15(10)12(18)16(8)23-24(19,20)21/h7-10H,1-6,13H2,(H,14,17)(H,19,20,21)/t7?,8?,9?,10-/m0/s1. The van der Waals surface area contributed by atoms with Crippen molar-refractivity contribution in [3.05, 3.63) is 0 Å². The van der Waals surface area contributed by atoms with Crippen LogP contribution in [-0.2, 0) is 24.3 Å². The van der Waals surface area contributed by atoms with E-state index < -0.39 is 34.4 Å². The summed E-state index contributed by atoms with van der Waals surface area (Å²) in [4.78, 5) is 31.0. The number of nitrogens with one attached hydrogen (secondary N) is 1. The van der Waals surface area contributed by atoms with Crippen molar-refractivity contribution in [2.24, 2.45) is 5.73 Å². The van der Waals surface area contributed by atoms with Crippen LogP contribution in [0.15, 0.2) is 0 Å². The summed E-state index contributed by atoms with van der Waals surface area (Å²) in [5.41, 5.74) is 8.14. The van der Waals surface area contributed by atoms with Crippen LogP contribution in [0.1, 0.15) is 32.1 Å². The van der Waals surface area contributed by atoms with Crippen LogP contribution in [0, 0.1) is 0 Å². The van der Waals surface area contributed by atoms with Crippen LogP contribution < -0.4 is 11.2 Å². The second kappa shape index (κ2) is 6.44. The van der Waals surface area contributed by atoms with Crippen molar-refractivity contribution < 1.29 is 31.7 Å². The third-order valence-electron chi connectivity index (χ3n) is 4.55. The molecule has 3 rings (SSSR count). The summed E-state index contributed by atoms with van der Waals surface area (Å²) in [6.07, 6.45) is 2.80. The first-order valence-corrected chi connectivity index (χ1v) is 9.09. The highest BCUT2D eigenvalue weighted by Gasteiger charge is 2.49. The van der Waals surface area contributed by atoms with Gasteiger partial charge >= 0.3 is 16.4 Å². The summed E-state index contributed by atoms with van der Waals surface area (Å²) in [7, 11) is -4.80. The zero-order chi connectivity index (χ0) is 17.5. The molecular weight excluding hydrogens is 344 g/mol. The maximum Gasteiger partial charge on any atom is 0.418 e. The van der Waals surface area contributed by atoms with Crippen LogP contribution >= 0.6 is 0 Å². The predicted octanol–water partition coefficient (Wildman–Crippen LogP) is -1.08. The average molecular weight is 364 g/mol. The molecule has 24 heavy (non-hydrogen) atoms. The lowest BCUT2D eigenvalue weighted by atomic mass is 10.0. The van der Waals surface area contributed by atoms with E-state index >= 15 is 0 Å². The van der Waals surface area contributed by atoms with Crippen molar-refractivity contribution >= 4 is 22.3 Å². The summed E-state index contributed by atoms with van der Waals surface area (Å²) in [6, 6.07) is -2.03. The summed E-state index contributed by atoms with van der Waals surface area (Å²) >= 11 is 0. The van der Waals surface area contributed by atoms with Gasteiger partial charge in [0.2, 0.25) is 0 Å². The molecule has 1 aliphatic carbocycles. The highest BCUT2D eigenvalue weighted by molar-refractivity contribution is 7.80. The van der Waals surface area contributed by atoms with E-state index in [4.69, 9.17) is 15.1 Å². The molecule has 3 unspecified atom stereocenters. The van der Waals surface area contributed by atoms with Crippen LogP contribution in [0.2, 0.25) is 0 Å². The van der Waals surface area contributed by atoms with Crippen LogP contribution in [0.3, 0.4) is 0 Å². The molecule has 2 bridgehead atoms. The number of piperidine rings is 1. The first-order valence-electron chi connectivity index (χ1n) is 7.72. The smallest absolute Gasteiger partial charge is 0.328 e. The Bertz CT molecular complexity index is 627. The van der Waals surface area contributed by atoms with Gasteiger partial charge in [-0.2, -0.15) is 13.5 Å². The van der Waals surface area contributed by atoms with Crippen molar-refractivity contribution in [3.8, 4) is 0 Å². The van der Waals surface area contributed by atoms with Gasteiger partial charge in [-0.05, 0) is 32.1 Å². The van der Waals surface area contributed by atoms with Gasteiger partial charge in [-0.15, -0.1) is 4.28 Å². The summed E-state index contributed by atoms with van der Waals surface area (Å²) in [5.74, 6) is -0.476. The topological polar surface area (TPSA) is 151 Å². The molecule has 0 aromatic carbocycles. The number of hydrogen-bond acceptors (Lipinski definition) is 7. The SMILES string of the molecule is NC1CCC(ONC(=O)[C@@H]2CCC3CN2C(=O)N3OS(=O)(=O)O)C1. The predicted molar refractivity (Wildman–Crippen MR) is 78.2 cm³/mol. The van der Waals surface area contributed by atoms with Crippen LogP contribution in [0.4, 0.5) is 4.79 Å². The minimum absolute atomic E-state index is 0.0636. The van der Waals surface area contributed by atoms with Gasteiger partial charge in [0, 0.05) is 12.6 Å². The van der Waals surface area contributed by atoms with E-state index in [1.165, 1.54) is 4.90 Å². The Balaban J connectivity index is 1.58.